The molecule has 0 unspecified atom stereocenters. The fraction of sp³-hybridized carbons (Fsp3) is 0.500. The maximum atomic E-state index is 12.2. The zero-order chi connectivity index (χ0) is 16.2. The zero-order valence-corrected chi connectivity index (χ0v) is 13.5. The second-order valence-electron chi connectivity index (χ2n) is 5.80. The van der Waals surface area contributed by atoms with Crippen molar-refractivity contribution in [2.24, 2.45) is 0 Å². The highest BCUT2D eigenvalue weighted by Crippen LogP contribution is 2.16. The lowest BCUT2D eigenvalue weighted by molar-refractivity contribution is 0.134. The van der Waals surface area contributed by atoms with Gasteiger partial charge in [0, 0.05) is 38.3 Å². The minimum absolute atomic E-state index is 0.0432. The number of furan rings is 1. The van der Waals surface area contributed by atoms with Crippen molar-refractivity contribution >= 4 is 6.03 Å². The number of amides is 2. The molecule has 3 rings (SSSR count). The van der Waals surface area contributed by atoms with E-state index in [-0.39, 0.29) is 6.03 Å². The van der Waals surface area contributed by atoms with Crippen LogP contribution < -0.4 is 5.32 Å². The number of nitrogens with zero attached hydrogens (tertiary/aromatic N) is 3. The number of nitrogens with one attached hydrogen (secondary N) is 1. The van der Waals surface area contributed by atoms with Gasteiger partial charge < -0.3 is 19.2 Å². The largest absolute Gasteiger partial charge is 0.467 e. The molecule has 0 saturated carbocycles. The molecule has 1 N–H and O–H groups in total. The summed E-state index contributed by atoms with van der Waals surface area (Å²) >= 11 is 0. The van der Waals surface area contributed by atoms with Crippen LogP contribution in [0.5, 0.6) is 0 Å². The van der Waals surface area contributed by atoms with Gasteiger partial charge >= 0.3 is 6.03 Å². The zero-order valence-electron chi connectivity index (χ0n) is 13.5. The van der Waals surface area contributed by atoms with Gasteiger partial charge in [0.15, 0.2) is 0 Å². The predicted octanol–water partition coefficient (Wildman–Crippen LogP) is 1.91. The van der Waals surface area contributed by atoms with Gasteiger partial charge in [-0.25, -0.2) is 4.79 Å². The van der Waals surface area contributed by atoms with E-state index in [4.69, 9.17) is 8.94 Å². The molecular weight excluding hydrogens is 296 g/mol. The maximum absolute atomic E-state index is 12.2. The summed E-state index contributed by atoms with van der Waals surface area (Å²) in [6.07, 6.45) is 1.61. The van der Waals surface area contributed by atoms with Crippen LogP contribution in [0.1, 0.15) is 22.8 Å². The van der Waals surface area contributed by atoms with Crippen LogP contribution in [0.25, 0.3) is 0 Å². The number of hydrogen-bond acceptors (Lipinski definition) is 5. The topological polar surface area (TPSA) is 74.8 Å². The third-order valence-corrected chi connectivity index (χ3v) is 4.22. The SMILES string of the molecule is Cc1noc(C)c1CN1CCN(C(=O)NCc2ccco2)CC1. The first kappa shape index (κ1) is 15.6. The van der Waals surface area contributed by atoms with Crippen LogP contribution in [0.3, 0.4) is 0 Å². The van der Waals surface area contributed by atoms with Crippen LogP contribution in [0.15, 0.2) is 27.3 Å². The molecule has 23 heavy (non-hydrogen) atoms. The van der Waals surface area contributed by atoms with Crippen LogP contribution in [-0.4, -0.2) is 47.2 Å². The minimum Gasteiger partial charge on any atom is -0.467 e. The molecule has 1 fully saturated rings. The first-order valence-electron chi connectivity index (χ1n) is 7.83. The number of carbonyl (C=O) groups excluding carboxylic acids is 1. The summed E-state index contributed by atoms with van der Waals surface area (Å²) in [5.74, 6) is 1.64. The van der Waals surface area contributed by atoms with Crippen LogP contribution >= 0.6 is 0 Å². The second-order valence-corrected chi connectivity index (χ2v) is 5.80. The first-order valence-corrected chi connectivity index (χ1v) is 7.83. The molecule has 1 aliphatic heterocycles. The first-order chi connectivity index (χ1) is 11.1. The van der Waals surface area contributed by atoms with Gasteiger partial charge in [-0.15, -0.1) is 0 Å². The fourth-order valence-corrected chi connectivity index (χ4v) is 2.75. The van der Waals surface area contributed by atoms with Gasteiger partial charge in [-0.05, 0) is 26.0 Å². The van der Waals surface area contributed by atoms with Gasteiger partial charge in [-0.3, -0.25) is 4.90 Å². The van der Waals surface area contributed by atoms with Crippen molar-refractivity contribution in [2.75, 3.05) is 26.2 Å². The van der Waals surface area contributed by atoms with Crippen LogP contribution in [-0.2, 0) is 13.1 Å². The Morgan fingerprint density at radius 3 is 2.70 bits per heavy atom. The summed E-state index contributed by atoms with van der Waals surface area (Å²) in [5, 5.41) is 6.87. The molecule has 0 radical (unpaired) electrons. The van der Waals surface area contributed by atoms with Crippen LogP contribution in [0, 0.1) is 13.8 Å². The summed E-state index contributed by atoms with van der Waals surface area (Å²) in [5.41, 5.74) is 2.10. The number of carbonyl (C=O) groups is 1. The molecule has 0 atom stereocenters. The smallest absolute Gasteiger partial charge is 0.317 e. The number of urea groups is 1. The second kappa shape index (κ2) is 6.87. The lowest BCUT2D eigenvalue weighted by atomic mass is 10.2. The van der Waals surface area contributed by atoms with E-state index in [9.17, 15) is 4.79 Å². The third kappa shape index (κ3) is 3.73. The Kier molecular flexibility index (Phi) is 4.66. The van der Waals surface area contributed by atoms with E-state index in [2.05, 4.69) is 15.4 Å². The van der Waals surface area contributed by atoms with E-state index in [1.807, 2.05) is 30.9 Å². The van der Waals surface area contributed by atoms with E-state index in [1.54, 1.807) is 6.26 Å². The molecule has 0 spiro atoms. The van der Waals surface area contributed by atoms with Crippen LogP contribution in [0.4, 0.5) is 4.79 Å². The molecule has 0 bridgehead atoms. The molecule has 2 aromatic rings. The highest BCUT2D eigenvalue weighted by molar-refractivity contribution is 5.74. The fourth-order valence-electron chi connectivity index (χ4n) is 2.75. The lowest BCUT2D eigenvalue weighted by Crippen LogP contribution is -2.51. The van der Waals surface area contributed by atoms with Crippen molar-refractivity contribution < 1.29 is 13.7 Å². The molecule has 2 aromatic heterocycles. The molecule has 124 valence electrons. The highest BCUT2D eigenvalue weighted by Gasteiger charge is 2.22. The van der Waals surface area contributed by atoms with E-state index >= 15 is 0 Å². The van der Waals surface area contributed by atoms with Gasteiger partial charge in [-0.1, -0.05) is 5.16 Å². The number of piperazine rings is 1. The van der Waals surface area contributed by atoms with Crippen molar-refractivity contribution in [2.45, 2.75) is 26.9 Å². The average molecular weight is 318 g/mol. The molecule has 7 nitrogen and oxygen atoms in total. The van der Waals surface area contributed by atoms with Gasteiger partial charge in [0.1, 0.15) is 11.5 Å². The summed E-state index contributed by atoms with van der Waals surface area (Å²) < 4.78 is 10.4. The predicted molar refractivity (Wildman–Crippen MR) is 83.8 cm³/mol. The number of rotatable bonds is 4. The summed E-state index contributed by atoms with van der Waals surface area (Å²) in [4.78, 5) is 16.3. The lowest BCUT2D eigenvalue weighted by Gasteiger charge is -2.34. The van der Waals surface area contributed by atoms with Crippen molar-refractivity contribution in [1.82, 2.24) is 20.3 Å². The van der Waals surface area contributed by atoms with E-state index < -0.39 is 0 Å². The molecule has 3 heterocycles. The summed E-state index contributed by atoms with van der Waals surface area (Å²) in [7, 11) is 0. The Hall–Kier alpha value is -2.28. The monoisotopic (exact) mass is 318 g/mol. The average Bonchev–Trinajstić information content (AvgIpc) is 3.18. The number of aromatic nitrogens is 1. The Balaban J connectivity index is 1.45. The number of aryl methyl sites for hydroxylation is 2. The Morgan fingerprint density at radius 2 is 2.09 bits per heavy atom. The summed E-state index contributed by atoms with van der Waals surface area (Å²) in [6, 6.07) is 3.62. The van der Waals surface area contributed by atoms with Crippen LogP contribution in [0.2, 0.25) is 0 Å². The Morgan fingerprint density at radius 1 is 1.30 bits per heavy atom. The quantitative estimate of drug-likeness (QED) is 0.932. The Labute approximate surface area is 135 Å². The summed E-state index contributed by atoms with van der Waals surface area (Å²) in [6.45, 7) is 8.27. The van der Waals surface area contributed by atoms with Gasteiger partial charge in [0.05, 0.1) is 18.5 Å². The maximum Gasteiger partial charge on any atom is 0.317 e. The minimum atomic E-state index is -0.0432. The molecule has 7 heteroatoms. The van der Waals surface area contributed by atoms with E-state index in [1.165, 1.54) is 0 Å². The van der Waals surface area contributed by atoms with Crippen molar-refractivity contribution in [3.8, 4) is 0 Å². The molecule has 1 saturated heterocycles. The number of hydrogen-bond donors (Lipinski definition) is 1. The standard InChI is InChI=1S/C16H22N4O3/c1-12-15(13(2)23-18-12)11-19-5-7-20(8-6-19)16(21)17-10-14-4-3-9-22-14/h3-4,9H,5-8,10-11H2,1-2H3,(H,17,21). The molecule has 0 aliphatic carbocycles. The van der Waals surface area contributed by atoms with Gasteiger partial charge in [-0.2, -0.15) is 0 Å². The van der Waals surface area contributed by atoms with Gasteiger partial charge in [0.2, 0.25) is 0 Å². The van der Waals surface area contributed by atoms with Crippen molar-refractivity contribution in [1.29, 1.82) is 0 Å². The van der Waals surface area contributed by atoms with E-state index in [0.717, 1.165) is 42.4 Å². The Bertz CT molecular complexity index is 623. The van der Waals surface area contributed by atoms with Gasteiger partial charge in [0.25, 0.3) is 0 Å². The van der Waals surface area contributed by atoms with Crippen molar-refractivity contribution in [3.63, 3.8) is 0 Å². The third-order valence-electron chi connectivity index (χ3n) is 4.22. The molecule has 1 aliphatic rings. The normalized spacial score (nSPS) is 15.8. The molecular formula is C16H22N4O3. The molecule has 2 amide bonds. The van der Waals surface area contributed by atoms with Crippen molar-refractivity contribution in [3.05, 3.63) is 41.2 Å². The van der Waals surface area contributed by atoms with E-state index in [0.29, 0.717) is 19.6 Å². The molecule has 0 aromatic carbocycles. The highest BCUT2D eigenvalue weighted by atomic mass is 16.5.